The molecule has 2 aliphatic heterocycles. The first kappa shape index (κ1) is 21.1. The van der Waals surface area contributed by atoms with E-state index in [4.69, 9.17) is 4.74 Å². The van der Waals surface area contributed by atoms with Crippen LogP contribution in [-0.4, -0.2) is 42.7 Å². The Balaban J connectivity index is 1.84. The number of hydrogen-bond donors (Lipinski definition) is 3. The molecule has 3 rings (SSSR count). The summed E-state index contributed by atoms with van der Waals surface area (Å²) < 4.78 is 88.5. The zero-order chi connectivity index (χ0) is 19.5. The zero-order valence-electron chi connectivity index (χ0n) is 13.1. The van der Waals surface area contributed by atoms with Crippen molar-refractivity contribution in [2.75, 3.05) is 0 Å². The van der Waals surface area contributed by atoms with Crippen LogP contribution >= 0.6 is 43.0 Å². The van der Waals surface area contributed by atoms with Gasteiger partial charge in [0.2, 0.25) is 0 Å². The zero-order valence-corrected chi connectivity index (χ0v) is 17.4. The van der Waals surface area contributed by atoms with Gasteiger partial charge in [-0.1, -0.05) is 0 Å². The molecule has 0 aromatic heterocycles. The number of carbonyl (C=O) groups excluding carboxylic acids is 1. The van der Waals surface area contributed by atoms with Gasteiger partial charge in [-0.25, -0.2) is 0 Å². The van der Waals surface area contributed by atoms with Crippen LogP contribution in [0.5, 0.6) is 0 Å². The minimum atomic E-state index is -6.03. The molecule has 3 N–H and O–H groups in total. The summed E-state index contributed by atoms with van der Waals surface area (Å²) >= 11 is 0.00483. The van der Waals surface area contributed by atoms with Crippen molar-refractivity contribution in [1.29, 1.82) is 0 Å². The number of esters is 1. The van der Waals surface area contributed by atoms with Crippen LogP contribution in [0.25, 0.3) is 0 Å². The molecule has 3 fully saturated rings. The van der Waals surface area contributed by atoms with Crippen LogP contribution in [-0.2, 0) is 9.53 Å². The van der Waals surface area contributed by atoms with E-state index in [1.807, 2.05) is 0 Å². The third-order valence-electron chi connectivity index (χ3n) is 4.86. The number of ether oxygens (including phenoxy) is 1. The second-order valence-electron chi connectivity index (χ2n) is 6.62. The van der Waals surface area contributed by atoms with Gasteiger partial charge >= 0.3 is 167 Å². The normalized spacial score (nSPS) is 26.2. The van der Waals surface area contributed by atoms with Crippen LogP contribution in [0, 0.1) is 5.92 Å². The molecule has 0 aromatic rings. The van der Waals surface area contributed by atoms with Gasteiger partial charge in [-0.15, -0.1) is 0 Å². The number of hydrogen-bond acceptors (Lipinski definition) is 5. The summed E-state index contributed by atoms with van der Waals surface area (Å²) in [6.45, 7) is 0. The third-order valence-corrected chi connectivity index (χ3v) is 12.1. The van der Waals surface area contributed by atoms with Crippen LogP contribution in [0.15, 0.2) is 0 Å². The number of aliphatic hydroxyl groups is 1. The molecule has 5 nitrogen and oxygen atoms in total. The van der Waals surface area contributed by atoms with E-state index in [1.54, 1.807) is 22.6 Å². The van der Waals surface area contributed by atoms with Crippen molar-refractivity contribution in [3.63, 3.8) is 0 Å². The minimum absolute atomic E-state index is 0.441. The van der Waals surface area contributed by atoms with Crippen molar-refractivity contribution in [3.05, 3.63) is 0 Å². The summed E-state index contributed by atoms with van der Waals surface area (Å²) in [5.41, 5.74) is -5.10. The third kappa shape index (κ3) is 3.54. The summed E-state index contributed by atoms with van der Waals surface area (Å²) in [6.07, 6.45) is -13.2. The fourth-order valence-electron chi connectivity index (χ4n) is 3.17. The molecule has 0 radical (unpaired) electrons. The van der Waals surface area contributed by atoms with Gasteiger partial charge in [-0.05, 0) is 0 Å². The Hall–Kier alpha value is 0.390. The molecule has 13 heteroatoms. The molecule has 2 saturated heterocycles. The molecule has 0 spiro atoms. The molecule has 2 atom stereocenters. The predicted molar refractivity (Wildman–Crippen MR) is 94.3 cm³/mol. The van der Waals surface area contributed by atoms with Crippen molar-refractivity contribution in [2.45, 2.75) is 63.8 Å². The number of fused-ring (bicyclic) bond motifs is 1. The molecule has 1 aliphatic carbocycles. The average molecular weight is 616 g/mol. The van der Waals surface area contributed by atoms with Crippen LogP contribution < -0.4 is 7.06 Å². The van der Waals surface area contributed by atoms with Crippen LogP contribution in [0.4, 0.5) is 26.3 Å². The summed E-state index contributed by atoms with van der Waals surface area (Å²) in [4.78, 5) is 12.2. The standard InChI is InChI=1S/C13H16F6I2N2O3/c14-12(15,16)10(25,13(17,18)19)7(5-6-3-1-2-4-6)26-9(24)8(20)11-21(22-11)23-11/h6-8,22-23,25H,1-5H2. The van der Waals surface area contributed by atoms with E-state index in [2.05, 4.69) is 7.06 Å². The molecule has 2 heterocycles. The van der Waals surface area contributed by atoms with E-state index in [0.717, 1.165) is 0 Å². The molecule has 26 heavy (non-hydrogen) atoms. The first-order valence-corrected chi connectivity index (χ1v) is 12.3. The van der Waals surface area contributed by atoms with Gasteiger partial charge < -0.3 is 0 Å². The molecule has 2 unspecified atom stereocenters. The predicted octanol–water partition coefficient (Wildman–Crippen LogP) is 3.33. The Morgan fingerprint density at radius 2 is 1.65 bits per heavy atom. The summed E-state index contributed by atoms with van der Waals surface area (Å²) in [6, 6.07) is 0. The van der Waals surface area contributed by atoms with Crippen molar-refractivity contribution in [3.8, 4) is 0 Å². The number of alkyl halides is 8. The second kappa shape index (κ2) is 6.73. The van der Waals surface area contributed by atoms with Gasteiger partial charge in [-0.3, -0.25) is 0 Å². The van der Waals surface area contributed by atoms with Gasteiger partial charge in [0.15, 0.2) is 0 Å². The van der Waals surface area contributed by atoms with E-state index in [1.165, 1.54) is 0 Å². The molecule has 0 aromatic carbocycles. The number of rotatable bonds is 6. The van der Waals surface area contributed by atoms with E-state index in [9.17, 15) is 36.2 Å². The van der Waals surface area contributed by atoms with E-state index >= 15 is 0 Å². The van der Waals surface area contributed by atoms with Crippen LogP contribution in [0.1, 0.15) is 32.1 Å². The number of nitrogens with one attached hydrogen (secondary N) is 2. The topological polar surface area (TPSA) is 90.4 Å². The Morgan fingerprint density at radius 1 is 1.19 bits per heavy atom. The monoisotopic (exact) mass is 616 g/mol. The maximum absolute atomic E-state index is 13.3. The average Bonchev–Trinajstić information content (AvgIpc) is 3.30. The quantitative estimate of drug-likeness (QED) is 0.0812. The first-order valence-electron chi connectivity index (χ1n) is 7.79. The first-order chi connectivity index (χ1) is 11.8. The molecule has 152 valence electrons. The van der Waals surface area contributed by atoms with E-state index in [0.29, 0.717) is 25.7 Å². The van der Waals surface area contributed by atoms with Crippen molar-refractivity contribution >= 4 is 48.9 Å². The summed E-state index contributed by atoms with van der Waals surface area (Å²) in [5.74, 6) is -1.64. The van der Waals surface area contributed by atoms with E-state index in [-0.39, 0.29) is 0 Å². The van der Waals surface area contributed by atoms with Gasteiger partial charge in [0.05, 0.1) is 0 Å². The Kier molecular flexibility index (Phi) is 5.46. The maximum atomic E-state index is 13.3. The van der Waals surface area contributed by atoms with Gasteiger partial charge in [0.25, 0.3) is 0 Å². The van der Waals surface area contributed by atoms with Gasteiger partial charge in [0, 0.05) is 0 Å². The SMILES string of the molecule is O=C(OC(CC1CCCC1)C(O)(C(F)(F)F)C(F)(F)F)C(I)C12NI1N2. The van der Waals surface area contributed by atoms with Crippen LogP contribution in [0.2, 0.25) is 0 Å². The summed E-state index contributed by atoms with van der Waals surface area (Å²) in [7, 11) is 0. The number of carbonyl (C=O) groups is 1. The molecular weight excluding hydrogens is 600 g/mol. The molecular formula is C13H16F6I2N2O3. The molecule has 0 bridgehead atoms. The molecule has 1 saturated carbocycles. The Morgan fingerprint density at radius 3 is 2.04 bits per heavy atom. The second-order valence-corrected chi connectivity index (χ2v) is 12.3. The number of halogens is 8. The fourth-order valence-corrected chi connectivity index (χ4v) is 10.6. The summed E-state index contributed by atoms with van der Waals surface area (Å²) in [5, 5.41) is 9.71. The molecule has 0 amide bonds. The van der Waals surface area contributed by atoms with Crippen molar-refractivity contribution < 1.29 is 41.0 Å². The van der Waals surface area contributed by atoms with Gasteiger partial charge in [-0.2, -0.15) is 0 Å². The Labute approximate surface area is 166 Å². The van der Waals surface area contributed by atoms with Crippen molar-refractivity contribution in [1.82, 2.24) is 7.06 Å². The van der Waals surface area contributed by atoms with Crippen LogP contribution in [0.3, 0.4) is 0 Å². The van der Waals surface area contributed by atoms with Crippen molar-refractivity contribution in [2.24, 2.45) is 5.92 Å². The Bertz CT molecular complexity index is 561. The fraction of sp³-hybridized carbons (Fsp3) is 0.923. The van der Waals surface area contributed by atoms with Gasteiger partial charge in [0.1, 0.15) is 0 Å². The molecule has 3 aliphatic rings. The van der Waals surface area contributed by atoms with E-state index < -0.39 is 70.3 Å².